The fourth-order valence-electron chi connectivity index (χ4n) is 4.06. The number of ether oxygens (including phenoxy) is 6. The Labute approximate surface area is 159 Å². The molecule has 0 saturated carbocycles. The minimum absolute atomic E-state index is 0.143. The van der Waals surface area contributed by atoms with Crippen LogP contribution in [0.15, 0.2) is 30.3 Å². The molecule has 1 aromatic carbocycles. The molecular weight excluding hydrogens is 352 g/mol. The molecule has 1 unspecified atom stereocenters. The highest BCUT2D eigenvalue weighted by Gasteiger charge is 2.68. The Morgan fingerprint density at radius 1 is 1.07 bits per heavy atom. The van der Waals surface area contributed by atoms with Crippen LogP contribution in [-0.2, 0) is 35.0 Å². The average molecular weight is 380 g/mol. The molecule has 1 N–H and O–H groups in total. The van der Waals surface area contributed by atoms with Gasteiger partial charge in [-0.05, 0) is 33.3 Å². The maximum atomic E-state index is 10.7. The second-order valence-electron chi connectivity index (χ2n) is 8.29. The molecule has 3 saturated heterocycles. The van der Waals surface area contributed by atoms with Crippen LogP contribution >= 0.6 is 0 Å². The van der Waals surface area contributed by atoms with Crippen LogP contribution in [-0.4, -0.2) is 60.1 Å². The summed E-state index contributed by atoms with van der Waals surface area (Å²) in [6.45, 7) is 8.27. The van der Waals surface area contributed by atoms with E-state index in [0.29, 0.717) is 13.2 Å². The lowest BCUT2D eigenvalue weighted by molar-refractivity contribution is -0.263. The summed E-state index contributed by atoms with van der Waals surface area (Å²) >= 11 is 0. The minimum Gasteiger partial charge on any atom is -0.373 e. The van der Waals surface area contributed by atoms with E-state index in [-0.39, 0.29) is 12.7 Å². The van der Waals surface area contributed by atoms with Crippen LogP contribution in [0.25, 0.3) is 0 Å². The maximum Gasteiger partial charge on any atom is 0.189 e. The third kappa shape index (κ3) is 3.65. The summed E-state index contributed by atoms with van der Waals surface area (Å²) in [5.74, 6) is -1.55. The molecule has 3 aliphatic heterocycles. The molecule has 0 amide bonds. The third-order valence-corrected chi connectivity index (χ3v) is 5.17. The second kappa shape index (κ2) is 6.77. The summed E-state index contributed by atoms with van der Waals surface area (Å²) in [6, 6.07) is 9.85. The van der Waals surface area contributed by atoms with Crippen LogP contribution in [0.1, 0.15) is 33.3 Å². The van der Waals surface area contributed by atoms with Gasteiger partial charge in [0.25, 0.3) is 0 Å². The molecule has 5 atom stereocenters. The molecule has 0 aromatic heterocycles. The molecule has 0 radical (unpaired) electrons. The zero-order chi connectivity index (χ0) is 19.3. The van der Waals surface area contributed by atoms with Crippen molar-refractivity contribution in [2.45, 2.75) is 76.1 Å². The number of hydrogen-bond donors (Lipinski definition) is 1. The summed E-state index contributed by atoms with van der Waals surface area (Å²) in [4.78, 5) is 0. The highest BCUT2D eigenvalue weighted by Crippen LogP contribution is 2.48. The first-order valence-corrected chi connectivity index (χ1v) is 9.36. The summed E-state index contributed by atoms with van der Waals surface area (Å²) in [5, 5.41) is 10.7. The van der Waals surface area contributed by atoms with Crippen molar-refractivity contribution >= 4 is 0 Å². The minimum atomic E-state index is -1.18. The van der Waals surface area contributed by atoms with Crippen molar-refractivity contribution in [1.29, 1.82) is 0 Å². The number of aliphatic hydroxyl groups is 1. The standard InChI is InChI=1S/C20H28O7/c1-18(2)23-11-14(25-18)15-16-20(17(21)24-15,27-19(3,4)26-16)12-22-10-13-8-6-5-7-9-13/h5-9,14-17,21H,10-12H2,1-4H3/t14-,15-,16+,17?,20+/m1/s1. The lowest BCUT2D eigenvalue weighted by atomic mass is 9.94. The quantitative estimate of drug-likeness (QED) is 0.837. The van der Waals surface area contributed by atoms with Gasteiger partial charge in [-0.2, -0.15) is 0 Å². The lowest BCUT2D eigenvalue weighted by Gasteiger charge is -2.29. The Hall–Kier alpha value is -1.06. The van der Waals surface area contributed by atoms with E-state index < -0.39 is 35.7 Å². The van der Waals surface area contributed by atoms with Gasteiger partial charge in [0.1, 0.15) is 18.3 Å². The first-order chi connectivity index (χ1) is 12.7. The molecule has 0 aliphatic carbocycles. The van der Waals surface area contributed by atoms with Crippen molar-refractivity contribution in [2.75, 3.05) is 13.2 Å². The van der Waals surface area contributed by atoms with E-state index in [9.17, 15) is 5.11 Å². The van der Waals surface area contributed by atoms with Gasteiger partial charge < -0.3 is 33.5 Å². The number of aliphatic hydroxyl groups excluding tert-OH is 1. The van der Waals surface area contributed by atoms with Crippen LogP contribution in [0.4, 0.5) is 0 Å². The van der Waals surface area contributed by atoms with E-state index >= 15 is 0 Å². The molecule has 7 nitrogen and oxygen atoms in total. The van der Waals surface area contributed by atoms with E-state index in [1.54, 1.807) is 0 Å². The van der Waals surface area contributed by atoms with Crippen molar-refractivity contribution < 1.29 is 33.5 Å². The molecule has 1 aromatic rings. The van der Waals surface area contributed by atoms with Crippen molar-refractivity contribution in [2.24, 2.45) is 0 Å². The zero-order valence-electron chi connectivity index (χ0n) is 16.2. The smallest absolute Gasteiger partial charge is 0.189 e. The molecule has 0 bridgehead atoms. The number of benzene rings is 1. The molecule has 3 aliphatic rings. The molecular formula is C20H28O7. The molecule has 7 heteroatoms. The van der Waals surface area contributed by atoms with Gasteiger partial charge in [0.15, 0.2) is 23.5 Å². The fraction of sp³-hybridized carbons (Fsp3) is 0.700. The van der Waals surface area contributed by atoms with Gasteiger partial charge in [0, 0.05) is 0 Å². The van der Waals surface area contributed by atoms with Crippen molar-refractivity contribution in [3.05, 3.63) is 35.9 Å². The molecule has 0 spiro atoms. The third-order valence-electron chi connectivity index (χ3n) is 5.17. The zero-order valence-corrected chi connectivity index (χ0v) is 16.2. The van der Waals surface area contributed by atoms with Gasteiger partial charge in [-0.3, -0.25) is 0 Å². The number of rotatable bonds is 5. The maximum absolute atomic E-state index is 10.7. The van der Waals surface area contributed by atoms with Crippen LogP contribution in [0, 0.1) is 0 Å². The van der Waals surface area contributed by atoms with E-state index in [2.05, 4.69) is 0 Å². The van der Waals surface area contributed by atoms with Crippen LogP contribution in [0.5, 0.6) is 0 Å². The van der Waals surface area contributed by atoms with Crippen LogP contribution in [0.2, 0.25) is 0 Å². The van der Waals surface area contributed by atoms with Gasteiger partial charge in [-0.15, -0.1) is 0 Å². The van der Waals surface area contributed by atoms with Gasteiger partial charge in [-0.1, -0.05) is 30.3 Å². The monoisotopic (exact) mass is 380 g/mol. The van der Waals surface area contributed by atoms with E-state index in [1.165, 1.54) is 0 Å². The summed E-state index contributed by atoms with van der Waals surface area (Å²) < 4.78 is 35.6. The first kappa shape index (κ1) is 19.3. The van der Waals surface area contributed by atoms with E-state index in [4.69, 9.17) is 28.4 Å². The highest BCUT2D eigenvalue weighted by atomic mass is 16.8. The Bertz CT molecular complexity index is 662. The second-order valence-corrected chi connectivity index (χ2v) is 8.29. The SMILES string of the molecule is CC1(C)OC[C@H]([C@H]2OC(O)[C@@]3(COCc4ccccc4)OC(C)(C)O[C@@H]23)O1. The molecule has 3 fully saturated rings. The van der Waals surface area contributed by atoms with Crippen LogP contribution < -0.4 is 0 Å². The molecule has 4 rings (SSSR count). The van der Waals surface area contributed by atoms with Crippen molar-refractivity contribution in [1.82, 2.24) is 0 Å². The Morgan fingerprint density at radius 3 is 2.48 bits per heavy atom. The summed E-state index contributed by atoms with van der Waals surface area (Å²) in [7, 11) is 0. The lowest BCUT2D eigenvalue weighted by Crippen LogP contribution is -2.51. The predicted molar refractivity (Wildman–Crippen MR) is 94.6 cm³/mol. The molecule has 27 heavy (non-hydrogen) atoms. The highest BCUT2D eigenvalue weighted by molar-refractivity contribution is 5.14. The van der Waals surface area contributed by atoms with Crippen molar-refractivity contribution in [3.63, 3.8) is 0 Å². The predicted octanol–water partition coefficient (Wildman–Crippen LogP) is 1.96. The van der Waals surface area contributed by atoms with Gasteiger partial charge in [0.05, 0.1) is 19.8 Å². The van der Waals surface area contributed by atoms with Crippen LogP contribution in [0.3, 0.4) is 0 Å². The first-order valence-electron chi connectivity index (χ1n) is 9.36. The van der Waals surface area contributed by atoms with E-state index in [1.807, 2.05) is 58.0 Å². The largest absolute Gasteiger partial charge is 0.373 e. The van der Waals surface area contributed by atoms with E-state index in [0.717, 1.165) is 5.56 Å². The summed E-state index contributed by atoms with van der Waals surface area (Å²) in [5.41, 5.74) is -0.0678. The van der Waals surface area contributed by atoms with Crippen molar-refractivity contribution in [3.8, 4) is 0 Å². The Balaban J connectivity index is 1.50. The number of hydrogen-bond acceptors (Lipinski definition) is 7. The van der Waals surface area contributed by atoms with Gasteiger partial charge in [0.2, 0.25) is 0 Å². The average Bonchev–Trinajstić information content (AvgIpc) is 3.17. The topological polar surface area (TPSA) is 75.6 Å². The van der Waals surface area contributed by atoms with Gasteiger partial charge in [-0.25, -0.2) is 0 Å². The Morgan fingerprint density at radius 2 is 1.81 bits per heavy atom. The normalized spacial score (nSPS) is 39.6. The fourth-order valence-corrected chi connectivity index (χ4v) is 4.06. The van der Waals surface area contributed by atoms with Gasteiger partial charge >= 0.3 is 0 Å². The summed E-state index contributed by atoms with van der Waals surface area (Å²) in [6.07, 6.45) is -2.57. The Kier molecular flexibility index (Phi) is 4.83. The molecule has 3 heterocycles. The number of fused-ring (bicyclic) bond motifs is 1. The molecule has 150 valence electrons.